The highest BCUT2D eigenvalue weighted by atomic mass is 16.5. The number of nitrogens with one attached hydrogen (secondary N) is 2. The summed E-state index contributed by atoms with van der Waals surface area (Å²) >= 11 is 0. The Hall–Kier alpha value is -3.85. The summed E-state index contributed by atoms with van der Waals surface area (Å²) in [6, 6.07) is 19.4. The average molecular weight is 355 g/mol. The van der Waals surface area contributed by atoms with Crippen molar-refractivity contribution in [2.75, 3.05) is 12.4 Å². The molecule has 4 aromatic rings. The molecule has 0 atom stereocenters. The number of aryl methyl sites for hydroxylation is 1. The van der Waals surface area contributed by atoms with Crippen molar-refractivity contribution in [1.82, 2.24) is 15.2 Å². The fourth-order valence-electron chi connectivity index (χ4n) is 3.00. The second-order valence-corrected chi connectivity index (χ2v) is 6.20. The van der Waals surface area contributed by atoms with Crippen molar-refractivity contribution in [3.05, 3.63) is 65.9 Å². The van der Waals surface area contributed by atoms with Gasteiger partial charge in [-0.05, 0) is 48.7 Å². The highest BCUT2D eigenvalue weighted by Gasteiger charge is 2.11. The lowest BCUT2D eigenvalue weighted by atomic mass is 10.0. The van der Waals surface area contributed by atoms with Gasteiger partial charge in [-0.1, -0.05) is 12.1 Å². The van der Waals surface area contributed by atoms with Crippen LogP contribution in [0.25, 0.3) is 22.0 Å². The van der Waals surface area contributed by atoms with Crippen LogP contribution in [0.3, 0.4) is 0 Å². The predicted octanol–water partition coefficient (Wildman–Crippen LogP) is 4.56. The fourth-order valence-corrected chi connectivity index (χ4v) is 3.00. The van der Waals surface area contributed by atoms with Gasteiger partial charge in [0.2, 0.25) is 0 Å². The third kappa shape index (κ3) is 3.31. The van der Waals surface area contributed by atoms with E-state index in [9.17, 15) is 5.26 Å². The molecule has 0 aliphatic carbocycles. The summed E-state index contributed by atoms with van der Waals surface area (Å²) in [5.41, 5.74) is 3.23. The number of fused-ring (bicyclic) bond motifs is 1. The standard InChI is InChI=1S/C21H17N5O/c1-13-8-20(26-25-13)23-19-11-16-10-17(27-2)6-7-18(16)21(24-19)15-5-3-4-14(9-15)12-22/h3-11H,1-2H3,(H2,23,24,25,26). The molecule has 6 heteroatoms. The lowest BCUT2D eigenvalue weighted by molar-refractivity contribution is 0.415. The van der Waals surface area contributed by atoms with E-state index in [1.807, 2.05) is 55.5 Å². The normalized spacial score (nSPS) is 10.6. The summed E-state index contributed by atoms with van der Waals surface area (Å²) in [7, 11) is 1.64. The maximum absolute atomic E-state index is 9.23. The molecule has 2 aromatic carbocycles. The van der Waals surface area contributed by atoms with E-state index in [0.29, 0.717) is 17.2 Å². The van der Waals surface area contributed by atoms with Gasteiger partial charge >= 0.3 is 0 Å². The van der Waals surface area contributed by atoms with Crippen LogP contribution in [0.1, 0.15) is 11.3 Å². The first-order valence-corrected chi connectivity index (χ1v) is 8.44. The van der Waals surface area contributed by atoms with Crippen molar-refractivity contribution in [2.24, 2.45) is 0 Å². The minimum atomic E-state index is 0.595. The zero-order valence-corrected chi connectivity index (χ0v) is 14.9. The lowest BCUT2D eigenvalue weighted by Gasteiger charge is -2.11. The number of methoxy groups -OCH3 is 1. The Morgan fingerprint density at radius 2 is 1.96 bits per heavy atom. The van der Waals surface area contributed by atoms with Crippen LogP contribution in [0.4, 0.5) is 11.6 Å². The molecule has 0 saturated carbocycles. The lowest BCUT2D eigenvalue weighted by Crippen LogP contribution is -1.97. The number of hydrogen-bond donors (Lipinski definition) is 2. The Balaban J connectivity index is 1.90. The molecule has 0 amide bonds. The van der Waals surface area contributed by atoms with Crippen molar-refractivity contribution < 1.29 is 4.74 Å². The molecule has 0 bridgehead atoms. The monoisotopic (exact) mass is 355 g/mol. The first-order chi connectivity index (χ1) is 13.2. The van der Waals surface area contributed by atoms with Crippen molar-refractivity contribution in [2.45, 2.75) is 6.92 Å². The van der Waals surface area contributed by atoms with Gasteiger partial charge in [0.25, 0.3) is 0 Å². The highest BCUT2D eigenvalue weighted by Crippen LogP contribution is 2.32. The number of ether oxygens (including phenoxy) is 1. The molecule has 2 heterocycles. The Bertz CT molecular complexity index is 1170. The van der Waals surface area contributed by atoms with Crippen LogP contribution in [0, 0.1) is 18.3 Å². The van der Waals surface area contributed by atoms with Crippen molar-refractivity contribution in [1.29, 1.82) is 5.26 Å². The second kappa shape index (κ2) is 6.81. The first kappa shape index (κ1) is 16.6. The third-order valence-electron chi connectivity index (χ3n) is 4.27. The van der Waals surface area contributed by atoms with E-state index < -0.39 is 0 Å². The van der Waals surface area contributed by atoms with E-state index in [-0.39, 0.29) is 0 Å². The van der Waals surface area contributed by atoms with E-state index in [2.05, 4.69) is 21.6 Å². The van der Waals surface area contributed by atoms with Crippen molar-refractivity contribution >= 4 is 22.4 Å². The Kier molecular flexibility index (Phi) is 4.19. The average Bonchev–Trinajstić information content (AvgIpc) is 3.11. The Labute approximate surface area is 156 Å². The van der Waals surface area contributed by atoms with E-state index in [0.717, 1.165) is 33.5 Å². The number of H-pyrrole nitrogens is 1. The number of nitrogens with zero attached hydrogens (tertiary/aromatic N) is 3. The number of aromatic nitrogens is 3. The molecule has 0 aliphatic heterocycles. The molecule has 132 valence electrons. The number of anilines is 2. The molecule has 0 aliphatic rings. The van der Waals surface area contributed by atoms with E-state index in [4.69, 9.17) is 9.72 Å². The van der Waals surface area contributed by atoms with Gasteiger partial charge < -0.3 is 10.1 Å². The number of aromatic amines is 1. The molecule has 0 saturated heterocycles. The smallest absolute Gasteiger partial charge is 0.153 e. The van der Waals surface area contributed by atoms with Crippen LogP contribution in [0.2, 0.25) is 0 Å². The van der Waals surface area contributed by atoms with Crippen LogP contribution in [-0.2, 0) is 0 Å². The molecule has 0 radical (unpaired) electrons. The molecule has 4 rings (SSSR count). The van der Waals surface area contributed by atoms with Gasteiger partial charge in [0.05, 0.1) is 24.4 Å². The molecule has 2 N–H and O–H groups in total. The SMILES string of the molecule is COc1ccc2c(-c3cccc(C#N)c3)nc(Nc3cc(C)[nH]n3)cc2c1. The zero-order chi connectivity index (χ0) is 18.8. The van der Waals surface area contributed by atoms with Crippen molar-refractivity contribution in [3.63, 3.8) is 0 Å². The van der Waals surface area contributed by atoms with Gasteiger partial charge in [0, 0.05) is 22.7 Å². The molecular formula is C21H17N5O. The number of pyridine rings is 1. The van der Waals surface area contributed by atoms with Crippen LogP contribution < -0.4 is 10.1 Å². The zero-order valence-electron chi connectivity index (χ0n) is 14.9. The maximum Gasteiger partial charge on any atom is 0.153 e. The number of benzene rings is 2. The molecular weight excluding hydrogens is 338 g/mol. The van der Waals surface area contributed by atoms with Gasteiger partial charge in [-0.15, -0.1) is 0 Å². The minimum absolute atomic E-state index is 0.595. The van der Waals surface area contributed by atoms with Crippen LogP contribution in [0.5, 0.6) is 5.75 Å². The largest absolute Gasteiger partial charge is 0.497 e. The predicted molar refractivity (Wildman–Crippen MR) is 105 cm³/mol. The van der Waals surface area contributed by atoms with Gasteiger partial charge in [-0.25, -0.2) is 4.98 Å². The summed E-state index contributed by atoms with van der Waals surface area (Å²) in [6.45, 7) is 1.94. The van der Waals surface area contributed by atoms with Gasteiger partial charge in [0.15, 0.2) is 5.82 Å². The van der Waals surface area contributed by atoms with Crippen LogP contribution in [-0.4, -0.2) is 22.3 Å². The number of nitriles is 1. The minimum Gasteiger partial charge on any atom is -0.497 e. The number of hydrogen-bond acceptors (Lipinski definition) is 5. The van der Waals surface area contributed by atoms with Gasteiger partial charge in [0.1, 0.15) is 11.6 Å². The van der Waals surface area contributed by atoms with Crippen molar-refractivity contribution in [3.8, 4) is 23.1 Å². The molecule has 0 spiro atoms. The third-order valence-corrected chi connectivity index (χ3v) is 4.27. The number of rotatable bonds is 4. The first-order valence-electron chi connectivity index (χ1n) is 8.44. The van der Waals surface area contributed by atoms with E-state index in [1.54, 1.807) is 13.2 Å². The summed E-state index contributed by atoms with van der Waals surface area (Å²) < 4.78 is 5.36. The molecule has 6 nitrogen and oxygen atoms in total. The van der Waals surface area contributed by atoms with E-state index >= 15 is 0 Å². The molecule has 0 fully saturated rings. The molecule has 2 aromatic heterocycles. The topological polar surface area (TPSA) is 86.6 Å². The van der Waals surface area contributed by atoms with Crippen LogP contribution >= 0.6 is 0 Å². The summed E-state index contributed by atoms with van der Waals surface area (Å²) in [5.74, 6) is 2.13. The Morgan fingerprint density at radius 3 is 2.70 bits per heavy atom. The fraction of sp³-hybridized carbons (Fsp3) is 0.0952. The van der Waals surface area contributed by atoms with Crippen LogP contribution in [0.15, 0.2) is 54.6 Å². The quantitative estimate of drug-likeness (QED) is 0.560. The highest BCUT2D eigenvalue weighted by molar-refractivity contribution is 5.97. The summed E-state index contributed by atoms with van der Waals surface area (Å²) in [4.78, 5) is 4.79. The molecule has 0 unspecified atom stereocenters. The van der Waals surface area contributed by atoms with E-state index in [1.165, 1.54) is 0 Å². The molecule has 27 heavy (non-hydrogen) atoms. The summed E-state index contributed by atoms with van der Waals surface area (Å²) in [5, 5.41) is 21.5. The van der Waals surface area contributed by atoms with Gasteiger partial charge in [-0.3, -0.25) is 5.10 Å². The Morgan fingerprint density at radius 1 is 1.07 bits per heavy atom. The second-order valence-electron chi connectivity index (χ2n) is 6.20. The maximum atomic E-state index is 9.23. The van der Waals surface area contributed by atoms with Gasteiger partial charge in [-0.2, -0.15) is 10.4 Å². The summed E-state index contributed by atoms with van der Waals surface area (Å²) in [6.07, 6.45) is 0.